The van der Waals surface area contributed by atoms with Gasteiger partial charge in [0.1, 0.15) is 0 Å². The van der Waals surface area contributed by atoms with Crippen molar-refractivity contribution in [2.24, 2.45) is 5.41 Å². The summed E-state index contributed by atoms with van der Waals surface area (Å²) >= 11 is 0. The zero-order valence-electron chi connectivity index (χ0n) is 26.3. The topological polar surface area (TPSA) is 37.4 Å². The van der Waals surface area contributed by atoms with Gasteiger partial charge in [0.2, 0.25) is 0 Å². The Kier molecular flexibility index (Phi) is 9.71. The number of rotatable bonds is 15. The van der Waals surface area contributed by atoms with Crippen molar-refractivity contribution in [2.45, 2.75) is 52.4 Å². The van der Waals surface area contributed by atoms with Crippen molar-refractivity contribution in [2.75, 3.05) is 60.9 Å². The fraction of sp³-hybridized carbons (Fsp3) is 0.500. The van der Waals surface area contributed by atoms with E-state index >= 15 is 0 Å². The zero-order valence-corrected chi connectivity index (χ0v) is 26.3. The molecular weight excluding hydrogens is 506 g/mol. The highest BCUT2D eigenvalue weighted by Crippen LogP contribution is 2.29. The van der Waals surface area contributed by atoms with Gasteiger partial charge in [-0.05, 0) is 60.6 Å². The highest BCUT2D eigenvalue weighted by molar-refractivity contribution is 6.21. The number of carbonyl (C=O) groups excluding carboxylic acids is 2. The zero-order chi connectivity index (χ0) is 29.7. The predicted octanol–water partition coefficient (Wildman–Crippen LogP) is 6.81. The van der Waals surface area contributed by atoms with E-state index in [2.05, 4.69) is 84.5 Å². The summed E-state index contributed by atoms with van der Waals surface area (Å²) in [6.45, 7) is 9.79. The second kappa shape index (κ2) is 12.9. The van der Waals surface area contributed by atoms with E-state index in [1.165, 1.54) is 53.5 Å². The van der Waals surface area contributed by atoms with Crippen molar-refractivity contribution < 1.29 is 18.6 Å². The van der Waals surface area contributed by atoms with Gasteiger partial charge in [-0.2, -0.15) is 0 Å². The van der Waals surface area contributed by atoms with Crippen LogP contribution in [-0.4, -0.2) is 86.6 Å². The van der Waals surface area contributed by atoms with E-state index in [1.807, 2.05) is 12.1 Å². The third kappa shape index (κ3) is 8.27. The molecule has 0 bridgehead atoms. The van der Waals surface area contributed by atoms with E-state index in [0.29, 0.717) is 17.7 Å². The molecule has 0 atom stereocenters. The quantitative estimate of drug-likeness (QED) is 0.117. The summed E-state index contributed by atoms with van der Waals surface area (Å²) < 4.78 is 1.98. The molecule has 4 rings (SSSR count). The summed E-state index contributed by atoms with van der Waals surface area (Å²) in [5.41, 5.74) is 2.77. The van der Waals surface area contributed by atoms with Crippen molar-refractivity contribution in [1.29, 1.82) is 0 Å². The number of imide groups is 1. The number of hydrogen-bond donors (Lipinski definition) is 0. The standard InChI is InChI=1S/C36H51N3O2/c1-36(2,27-30-19-15-18-29-17-9-10-20-31(29)30)28-39(5,6)25-14-8-7-13-24-38(3,4)26-16-23-37-34(40)32-21-11-12-22-33(32)35(37)41/h9-12,15,17-22H,7-8,13-14,16,23-28H2,1-6H3/q+2. The Morgan fingerprint density at radius 1 is 0.634 bits per heavy atom. The molecule has 220 valence electrons. The van der Waals surface area contributed by atoms with Gasteiger partial charge in [0, 0.05) is 18.4 Å². The lowest BCUT2D eigenvalue weighted by Crippen LogP contribution is -2.47. The van der Waals surface area contributed by atoms with Crippen molar-refractivity contribution in [3.05, 3.63) is 83.4 Å². The minimum atomic E-state index is -0.144. The summed E-state index contributed by atoms with van der Waals surface area (Å²) in [6, 6.07) is 22.6. The van der Waals surface area contributed by atoms with Gasteiger partial charge in [-0.15, -0.1) is 0 Å². The van der Waals surface area contributed by atoms with E-state index in [0.717, 1.165) is 41.4 Å². The van der Waals surface area contributed by atoms with Crippen LogP contribution in [0.1, 0.15) is 72.2 Å². The maximum atomic E-state index is 12.6. The molecule has 0 aliphatic carbocycles. The van der Waals surface area contributed by atoms with Gasteiger partial charge in [-0.25, -0.2) is 0 Å². The van der Waals surface area contributed by atoms with E-state index in [4.69, 9.17) is 0 Å². The van der Waals surface area contributed by atoms with Gasteiger partial charge < -0.3 is 8.97 Å². The predicted molar refractivity (Wildman–Crippen MR) is 170 cm³/mol. The Balaban J connectivity index is 1.13. The molecule has 5 heteroatoms. The van der Waals surface area contributed by atoms with Crippen molar-refractivity contribution >= 4 is 22.6 Å². The number of amides is 2. The molecule has 1 aliphatic rings. The van der Waals surface area contributed by atoms with E-state index in [-0.39, 0.29) is 17.2 Å². The van der Waals surface area contributed by atoms with Gasteiger partial charge in [-0.3, -0.25) is 14.5 Å². The summed E-state index contributed by atoms with van der Waals surface area (Å²) in [5, 5.41) is 2.72. The fourth-order valence-corrected chi connectivity index (χ4v) is 6.90. The number of benzene rings is 3. The van der Waals surface area contributed by atoms with Gasteiger partial charge in [0.05, 0.1) is 65.5 Å². The van der Waals surface area contributed by atoms with Gasteiger partial charge in [-0.1, -0.05) is 68.4 Å². The summed E-state index contributed by atoms with van der Waals surface area (Å²) in [6.07, 6.45) is 6.90. The molecule has 0 aromatic heterocycles. The lowest BCUT2D eigenvalue weighted by Gasteiger charge is -2.38. The van der Waals surface area contributed by atoms with E-state index < -0.39 is 0 Å². The SMILES string of the molecule is CC(C)(Cc1cccc2ccccc12)C[N+](C)(C)CCCCCC[N+](C)(C)CCCN1C(=O)c2ccccc2C1=O. The van der Waals surface area contributed by atoms with Crippen LogP contribution in [0.3, 0.4) is 0 Å². The summed E-state index contributed by atoms with van der Waals surface area (Å²) in [5.74, 6) is -0.289. The van der Waals surface area contributed by atoms with Crippen LogP contribution in [-0.2, 0) is 6.42 Å². The summed E-state index contributed by atoms with van der Waals surface area (Å²) in [4.78, 5) is 26.6. The molecule has 3 aromatic carbocycles. The van der Waals surface area contributed by atoms with Crippen molar-refractivity contribution in [3.63, 3.8) is 0 Å². The first-order valence-electron chi connectivity index (χ1n) is 15.4. The number of nitrogens with zero attached hydrogens (tertiary/aromatic N) is 3. The Bertz CT molecular complexity index is 1320. The van der Waals surface area contributed by atoms with Crippen LogP contribution in [0.2, 0.25) is 0 Å². The normalized spacial score (nSPS) is 14.2. The number of carbonyl (C=O) groups is 2. The van der Waals surface area contributed by atoms with Crippen LogP contribution >= 0.6 is 0 Å². The smallest absolute Gasteiger partial charge is 0.261 e. The second-order valence-corrected chi connectivity index (χ2v) is 14.3. The van der Waals surface area contributed by atoms with Gasteiger partial charge >= 0.3 is 0 Å². The third-order valence-electron chi connectivity index (χ3n) is 8.71. The fourth-order valence-electron chi connectivity index (χ4n) is 6.90. The molecule has 41 heavy (non-hydrogen) atoms. The Morgan fingerprint density at radius 3 is 1.83 bits per heavy atom. The average molecular weight is 558 g/mol. The average Bonchev–Trinajstić information content (AvgIpc) is 3.15. The lowest BCUT2D eigenvalue weighted by atomic mass is 9.83. The molecule has 3 aromatic rings. The van der Waals surface area contributed by atoms with Crippen LogP contribution in [0.25, 0.3) is 10.8 Å². The highest BCUT2D eigenvalue weighted by Gasteiger charge is 2.35. The Hall–Kier alpha value is -3.02. The molecule has 1 heterocycles. The van der Waals surface area contributed by atoms with Crippen LogP contribution in [0, 0.1) is 5.41 Å². The van der Waals surface area contributed by atoms with E-state index in [9.17, 15) is 9.59 Å². The van der Waals surface area contributed by atoms with Crippen LogP contribution in [0.5, 0.6) is 0 Å². The molecule has 1 aliphatic heterocycles. The first-order valence-corrected chi connectivity index (χ1v) is 15.4. The molecular formula is C36H51N3O2+2. The van der Waals surface area contributed by atoms with Crippen molar-refractivity contribution in [3.8, 4) is 0 Å². The number of fused-ring (bicyclic) bond motifs is 2. The number of hydrogen-bond acceptors (Lipinski definition) is 2. The second-order valence-electron chi connectivity index (χ2n) is 14.3. The first-order chi connectivity index (χ1) is 19.4. The molecule has 0 N–H and O–H groups in total. The maximum Gasteiger partial charge on any atom is 0.261 e. The van der Waals surface area contributed by atoms with E-state index in [1.54, 1.807) is 12.1 Å². The van der Waals surface area contributed by atoms with Gasteiger partial charge in [0.25, 0.3) is 11.8 Å². The largest absolute Gasteiger partial charge is 0.328 e. The van der Waals surface area contributed by atoms with Crippen LogP contribution in [0.4, 0.5) is 0 Å². The molecule has 0 spiro atoms. The van der Waals surface area contributed by atoms with Crippen LogP contribution in [0.15, 0.2) is 66.7 Å². The molecule has 2 amide bonds. The maximum absolute atomic E-state index is 12.6. The molecule has 0 radical (unpaired) electrons. The molecule has 0 unspecified atom stereocenters. The number of unbranched alkanes of at least 4 members (excludes halogenated alkanes) is 3. The highest BCUT2D eigenvalue weighted by atomic mass is 16.2. The molecule has 0 fully saturated rings. The summed E-state index contributed by atoms with van der Waals surface area (Å²) in [7, 11) is 9.30. The Morgan fingerprint density at radius 2 is 1.17 bits per heavy atom. The van der Waals surface area contributed by atoms with Gasteiger partial charge in [0.15, 0.2) is 0 Å². The third-order valence-corrected chi connectivity index (χ3v) is 8.71. The minimum absolute atomic E-state index is 0.144. The minimum Gasteiger partial charge on any atom is -0.328 e. The molecule has 5 nitrogen and oxygen atoms in total. The molecule has 0 saturated carbocycles. The van der Waals surface area contributed by atoms with Crippen LogP contribution < -0.4 is 0 Å². The number of quaternary nitrogens is 2. The Labute approximate surface area is 247 Å². The lowest BCUT2D eigenvalue weighted by molar-refractivity contribution is -0.896. The first kappa shape index (κ1) is 30.9. The molecule has 0 saturated heterocycles. The van der Waals surface area contributed by atoms with Crippen molar-refractivity contribution in [1.82, 2.24) is 4.90 Å². The monoisotopic (exact) mass is 557 g/mol.